The van der Waals surface area contributed by atoms with E-state index >= 15 is 0 Å². The molecule has 3 heterocycles. The van der Waals surface area contributed by atoms with E-state index in [2.05, 4.69) is 15.3 Å². The molecule has 138 valence electrons. The van der Waals surface area contributed by atoms with Gasteiger partial charge in [0.2, 0.25) is 5.91 Å². The van der Waals surface area contributed by atoms with Crippen LogP contribution in [0.15, 0.2) is 55.2 Å². The molecule has 1 N–H and O–H groups in total. The Morgan fingerprint density at radius 1 is 1.22 bits per heavy atom. The van der Waals surface area contributed by atoms with Gasteiger partial charge in [-0.05, 0) is 57.4 Å². The van der Waals surface area contributed by atoms with Gasteiger partial charge in [0.1, 0.15) is 5.54 Å². The molecular formula is C21H23N5O. The predicted octanol–water partition coefficient (Wildman–Crippen LogP) is 3.27. The Morgan fingerprint density at radius 3 is 2.78 bits per heavy atom. The zero-order valence-electron chi connectivity index (χ0n) is 15.6. The highest BCUT2D eigenvalue weighted by molar-refractivity contribution is 5.84. The molecule has 3 aromatic rings. The maximum absolute atomic E-state index is 12.9. The van der Waals surface area contributed by atoms with E-state index in [9.17, 15) is 4.79 Å². The quantitative estimate of drug-likeness (QED) is 0.774. The molecular weight excluding hydrogens is 338 g/mol. The molecule has 0 unspecified atom stereocenters. The van der Waals surface area contributed by atoms with E-state index in [-0.39, 0.29) is 11.9 Å². The molecule has 0 aromatic carbocycles. The van der Waals surface area contributed by atoms with Crippen LogP contribution in [0.25, 0.3) is 11.4 Å². The number of hydrogen-bond donors (Lipinski definition) is 1. The van der Waals surface area contributed by atoms with Gasteiger partial charge >= 0.3 is 0 Å². The summed E-state index contributed by atoms with van der Waals surface area (Å²) in [6, 6.07) is 7.64. The van der Waals surface area contributed by atoms with Crippen LogP contribution in [-0.2, 0) is 16.8 Å². The molecule has 0 bridgehead atoms. The fourth-order valence-electron chi connectivity index (χ4n) is 3.49. The maximum Gasteiger partial charge on any atom is 0.246 e. The van der Waals surface area contributed by atoms with Crippen LogP contribution in [0.3, 0.4) is 0 Å². The zero-order valence-corrected chi connectivity index (χ0v) is 15.6. The van der Waals surface area contributed by atoms with Crippen molar-refractivity contribution in [3.05, 3.63) is 66.5 Å². The average Bonchev–Trinajstić information content (AvgIpc) is 3.24. The minimum Gasteiger partial charge on any atom is -0.347 e. The standard InChI is InChI=1S/C21H23N5O/c1-21(2,26-11-3-4-12-26)20(27)25-18-9-5-8-17-16(18)14-23-19(24-17)15-7-6-10-22-13-15/h3-4,6-7,10-14,18H,5,8-9H2,1-2H3,(H,25,27)/t18-/m1/s1. The van der Waals surface area contributed by atoms with E-state index < -0.39 is 5.54 Å². The third kappa shape index (κ3) is 3.35. The summed E-state index contributed by atoms with van der Waals surface area (Å²) in [5.41, 5.74) is 2.28. The summed E-state index contributed by atoms with van der Waals surface area (Å²) in [7, 11) is 0. The summed E-state index contributed by atoms with van der Waals surface area (Å²) in [5, 5.41) is 3.21. The SMILES string of the molecule is CC(C)(C(=O)N[C@@H]1CCCc2nc(-c3cccnc3)ncc21)n1cccc1. The number of fused-ring (bicyclic) bond motifs is 1. The number of amides is 1. The Morgan fingerprint density at radius 2 is 2.04 bits per heavy atom. The van der Waals surface area contributed by atoms with Gasteiger partial charge in [0.05, 0.1) is 6.04 Å². The Balaban J connectivity index is 1.58. The molecule has 3 aromatic heterocycles. The van der Waals surface area contributed by atoms with Gasteiger partial charge in [-0.25, -0.2) is 9.97 Å². The first-order valence-corrected chi connectivity index (χ1v) is 9.26. The third-order valence-electron chi connectivity index (χ3n) is 5.21. The Bertz CT molecular complexity index is 934. The normalized spacial score (nSPS) is 16.6. The fourth-order valence-corrected chi connectivity index (χ4v) is 3.49. The van der Waals surface area contributed by atoms with Gasteiger partial charge in [-0.1, -0.05) is 0 Å². The molecule has 0 fully saturated rings. The van der Waals surface area contributed by atoms with Crippen LogP contribution < -0.4 is 5.32 Å². The summed E-state index contributed by atoms with van der Waals surface area (Å²) in [4.78, 5) is 26.4. The molecule has 1 aliphatic carbocycles. The lowest BCUT2D eigenvalue weighted by molar-refractivity contribution is -0.129. The van der Waals surface area contributed by atoms with Gasteiger partial charge in [-0.3, -0.25) is 9.78 Å². The van der Waals surface area contributed by atoms with Crippen molar-refractivity contribution in [2.75, 3.05) is 0 Å². The second-order valence-electron chi connectivity index (χ2n) is 7.40. The Labute approximate surface area is 158 Å². The first-order chi connectivity index (χ1) is 13.1. The van der Waals surface area contributed by atoms with E-state index in [0.29, 0.717) is 5.82 Å². The van der Waals surface area contributed by atoms with Crippen LogP contribution in [0, 0.1) is 0 Å². The van der Waals surface area contributed by atoms with E-state index in [1.807, 2.05) is 61.3 Å². The lowest BCUT2D eigenvalue weighted by atomic mass is 9.91. The highest BCUT2D eigenvalue weighted by atomic mass is 16.2. The molecule has 0 saturated carbocycles. The highest BCUT2D eigenvalue weighted by Gasteiger charge is 2.32. The fraction of sp³-hybridized carbons (Fsp3) is 0.333. The van der Waals surface area contributed by atoms with Crippen LogP contribution in [0.5, 0.6) is 0 Å². The largest absolute Gasteiger partial charge is 0.347 e. The van der Waals surface area contributed by atoms with Crippen molar-refractivity contribution in [3.63, 3.8) is 0 Å². The Kier molecular flexibility index (Phi) is 4.48. The smallest absolute Gasteiger partial charge is 0.246 e. The number of hydrogen-bond acceptors (Lipinski definition) is 4. The Hall–Kier alpha value is -3.02. The van der Waals surface area contributed by atoms with Crippen LogP contribution in [0.2, 0.25) is 0 Å². The third-order valence-corrected chi connectivity index (χ3v) is 5.21. The zero-order chi connectivity index (χ0) is 18.9. The van der Waals surface area contributed by atoms with Crippen molar-refractivity contribution >= 4 is 5.91 Å². The lowest BCUT2D eigenvalue weighted by Gasteiger charge is -2.31. The molecule has 0 spiro atoms. The minimum absolute atomic E-state index is 0.00659. The minimum atomic E-state index is -0.655. The van der Waals surface area contributed by atoms with Crippen molar-refractivity contribution in [2.45, 2.75) is 44.7 Å². The molecule has 0 saturated heterocycles. The molecule has 27 heavy (non-hydrogen) atoms. The van der Waals surface area contributed by atoms with Gasteiger partial charge in [0.25, 0.3) is 0 Å². The van der Waals surface area contributed by atoms with E-state index in [0.717, 1.165) is 36.1 Å². The monoisotopic (exact) mass is 361 g/mol. The van der Waals surface area contributed by atoms with Gasteiger partial charge in [0.15, 0.2) is 5.82 Å². The van der Waals surface area contributed by atoms with Gasteiger partial charge in [-0.2, -0.15) is 0 Å². The van der Waals surface area contributed by atoms with Crippen LogP contribution in [-0.4, -0.2) is 25.4 Å². The second kappa shape index (κ2) is 6.95. The van der Waals surface area contributed by atoms with Crippen molar-refractivity contribution in [1.82, 2.24) is 24.8 Å². The molecule has 0 aliphatic heterocycles. The maximum atomic E-state index is 12.9. The molecule has 1 aliphatic rings. The van der Waals surface area contributed by atoms with Crippen LogP contribution >= 0.6 is 0 Å². The molecule has 4 rings (SSSR count). The number of carbonyl (C=O) groups is 1. The predicted molar refractivity (Wildman–Crippen MR) is 103 cm³/mol. The number of aromatic nitrogens is 4. The lowest BCUT2D eigenvalue weighted by Crippen LogP contribution is -2.45. The van der Waals surface area contributed by atoms with E-state index in [1.54, 1.807) is 12.4 Å². The van der Waals surface area contributed by atoms with E-state index in [4.69, 9.17) is 4.98 Å². The van der Waals surface area contributed by atoms with Gasteiger partial charge < -0.3 is 9.88 Å². The highest BCUT2D eigenvalue weighted by Crippen LogP contribution is 2.30. The number of pyridine rings is 1. The van der Waals surface area contributed by atoms with Gasteiger partial charge in [0, 0.05) is 47.8 Å². The number of rotatable bonds is 4. The summed E-state index contributed by atoms with van der Waals surface area (Å²) in [6.07, 6.45) is 12.0. The van der Waals surface area contributed by atoms with Crippen LogP contribution in [0.4, 0.5) is 0 Å². The topological polar surface area (TPSA) is 72.7 Å². The van der Waals surface area contributed by atoms with Crippen LogP contribution in [0.1, 0.15) is 44.0 Å². The molecule has 0 radical (unpaired) electrons. The van der Waals surface area contributed by atoms with Crippen molar-refractivity contribution < 1.29 is 4.79 Å². The first kappa shape index (κ1) is 17.4. The summed E-state index contributed by atoms with van der Waals surface area (Å²) >= 11 is 0. The molecule has 6 nitrogen and oxygen atoms in total. The first-order valence-electron chi connectivity index (χ1n) is 9.26. The van der Waals surface area contributed by atoms with Crippen molar-refractivity contribution in [3.8, 4) is 11.4 Å². The van der Waals surface area contributed by atoms with Crippen molar-refractivity contribution in [2.24, 2.45) is 0 Å². The summed E-state index contributed by atoms with van der Waals surface area (Å²) in [5.74, 6) is 0.675. The second-order valence-corrected chi connectivity index (χ2v) is 7.40. The number of carbonyl (C=O) groups excluding carboxylic acids is 1. The molecule has 1 amide bonds. The number of nitrogens with zero attached hydrogens (tertiary/aromatic N) is 4. The molecule has 6 heteroatoms. The number of aryl methyl sites for hydroxylation is 1. The van der Waals surface area contributed by atoms with Crippen molar-refractivity contribution in [1.29, 1.82) is 0 Å². The summed E-state index contributed by atoms with van der Waals surface area (Å²) in [6.45, 7) is 3.85. The average molecular weight is 361 g/mol. The van der Waals surface area contributed by atoms with E-state index in [1.165, 1.54) is 0 Å². The van der Waals surface area contributed by atoms with Gasteiger partial charge in [-0.15, -0.1) is 0 Å². The number of nitrogens with one attached hydrogen (secondary N) is 1. The molecule has 1 atom stereocenters. The summed E-state index contributed by atoms with van der Waals surface area (Å²) < 4.78 is 1.92.